The lowest BCUT2D eigenvalue weighted by Gasteiger charge is -2.39. The van der Waals surface area contributed by atoms with Crippen LogP contribution in [0.15, 0.2) is 18.2 Å². The van der Waals surface area contributed by atoms with Crippen LogP contribution in [0.4, 0.5) is 10.6 Å². The Bertz CT molecular complexity index is 551. The summed E-state index contributed by atoms with van der Waals surface area (Å²) in [5.41, 5.74) is 0.423. The number of carbonyl (C=O) groups is 1. The maximum Gasteiger partial charge on any atom is 0.319 e. The minimum Gasteiger partial charge on any atom is -0.355 e. The van der Waals surface area contributed by atoms with Crippen LogP contribution in [0, 0.1) is 11.3 Å². The molecule has 1 aromatic rings. The number of pyridine rings is 1. The van der Waals surface area contributed by atoms with Crippen LogP contribution < -0.4 is 4.90 Å². The topological polar surface area (TPSA) is 63.5 Å². The quantitative estimate of drug-likeness (QED) is 0.827. The molecule has 1 aliphatic heterocycles. The molecule has 2 rings (SSSR count). The second-order valence-electron chi connectivity index (χ2n) is 5.52. The van der Waals surface area contributed by atoms with Crippen molar-refractivity contribution in [2.75, 3.05) is 39.1 Å². The Hall–Kier alpha value is -2.29. The molecule has 0 aliphatic carbocycles. The molecule has 0 saturated carbocycles. The molecule has 6 nitrogen and oxygen atoms in total. The molecule has 0 N–H and O–H groups in total. The van der Waals surface area contributed by atoms with E-state index < -0.39 is 0 Å². The zero-order chi connectivity index (χ0) is 15.4. The van der Waals surface area contributed by atoms with Crippen molar-refractivity contribution >= 4 is 11.8 Å². The van der Waals surface area contributed by atoms with E-state index in [1.165, 1.54) is 0 Å². The van der Waals surface area contributed by atoms with Crippen molar-refractivity contribution < 1.29 is 4.79 Å². The van der Waals surface area contributed by atoms with Gasteiger partial charge in [0.2, 0.25) is 0 Å². The molecule has 1 saturated heterocycles. The predicted octanol–water partition coefficient (Wildman–Crippen LogP) is 1.54. The van der Waals surface area contributed by atoms with Crippen LogP contribution in [0.5, 0.6) is 0 Å². The number of carbonyl (C=O) groups excluding carboxylic acids is 1. The SMILES string of the molecule is CN(C)C(=O)N(C)C1CCCN(c2cccc(C#N)n2)C1. The first-order chi connectivity index (χ1) is 10.0. The van der Waals surface area contributed by atoms with Crippen LogP contribution in [-0.2, 0) is 0 Å². The van der Waals surface area contributed by atoms with E-state index in [0.717, 1.165) is 31.7 Å². The standard InChI is InChI=1S/C15H21N5O/c1-18(2)15(21)19(3)13-7-5-9-20(11-13)14-8-4-6-12(10-16)17-14/h4,6,8,13H,5,7,9,11H2,1-3H3. The van der Waals surface area contributed by atoms with Crippen LogP contribution in [0.3, 0.4) is 0 Å². The summed E-state index contributed by atoms with van der Waals surface area (Å²) in [5.74, 6) is 0.810. The van der Waals surface area contributed by atoms with Gasteiger partial charge in [-0.1, -0.05) is 6.07 Å². The number of hydrogen-bond donors (Lipinski definition) is 0. The summed E-state index contributed by atoms with van der Waals surface area (Å²) >= 11 is 0. The van der Waals surface area contributed by atoms with Gasteiger partial charge >= 0.3 is 6.03 Å². The first kappa shape index (κ1) is 15.1. The van der Waals surface area contributed by atoms with Gasteiger partial charge in [-0.05, 0) is 25.0 Å². The highest BCUT2D eigenvalue weighted by molar-refractivity contribution is 5.74. The summed E-state index contributed by atoms with van der Waals surface area (Å²) in [6, 6.07) is 7.71. The van der Waals surface area contributed by atoms with Gasteiger partial charge in [-0.2, -0.15) is 5.26 Å². The van der Waals surface area contributed by atoms with Crippen LogP contribution >= 0.6 is 0 Å². The molecule has 1 unspecified atom stereocenters. The molecular weight excluding hydrogens is 266 g/mol. The highest BCUT2D eigenvalue weighted by Crippen LogP contribution is 2.21. The minimum absolute atomic E-state index is 0.0144. The van der Waals surface area contributed by atoms with Gasteiger partial charge in [-0.25, -0.2) is 9.78 Å². The van der Waals surface area contributed by atoms with Crippen molar-refractivity contribution in [1.82, 2.24) is 14.8 Å². The summed E-state index contributed by atoms with van der Waals surface area (Å²) in [6.45, 7) is 1.65. The number of urea groups is 1. The van der Waals surface area contributed by atoms with Gasteiger partial charge in [0.05, 0.1) is 6.04 Å². The molecule has 0 aromatic carbocycles. The zero-order valence-corrected chi connectivity index (χ0v) is 12.8. The third-order valence-corrected chi connectivity index (χ3v) is 3.80. The van der Waals surface area contributed by atoms with E-state index in [9.17, 15) is 4.79 Å². The molecule has 0 radical (unpaired) electrons. The Kier molecular flexibility index (Phi) is 4.63. The number of likely N-dealkylation sites (N-methyl/N-ethyl adjacent to an activating group) is 1. The second-order valence-corrected chi connectivity index (χ2v) is 5.52. The largest absolute Gasteiger partial charge is 0.355 e. The molecule has 21 heavy (non-hydrogen) atoms. The predicted molar refractivity (Wildman–Crippen MR) is 81.0 cm³/mol. The lowest BCUT2D eigenvalue weighted by molar-refractivity contribution is 0.157. The van der Waals surface area contributed by atoms with Crippen LogP contribution in [-0.4, -0.2) is 61.1 Å². The molecule has 6 heteroatoms. The maximum atomic E-state index is 12.1. The van der Waals surface area contributed by atoms with Crippen molar-refractivity contribution in [3.05, 3.63) is 23.9 Å². The summed E-state index contributed by atoms with van der Waals surface area (Å²) in [7, 11) is 5.37. The van der Waals surface area contributed by atoms with Gasteiger partial charge in [-0.15, -0.1) is 0 Å². The van der Waals surface area contributed by atoms with Gasteiger partial charge < -0.3 is 14.7 Å². The van der Waals surface area contributed by atoms with Crippen LogP contribution in [0.25, 0.3) is 0 Å². The second kappa shape index (κ2) is 6.44. The third kappa shape index (κ3) is 3.43. The van der Waals surface area contributed by atoms with E-state index >= 15 is 0 Å². The Morgan fingerprint density at radius 1 is 1.43 bits per heavy atom. The minimum atomic E-state index is 0.0144. The smallest absolute Gasteiger partial charge is 0.319 e. The van der Waals surface area contributed by atoms with E-state index in [0.29, 0.717) is 5.69 Å². The lowest BCUT2D eigenvalue weighted by Crippen LogP contribution is -2.51. The fraction of sp³-hybridized carbons (Fsp3) is 0.533. The molecule has 112 valence electrons. The molecule has 1 aliphatic rings. The number of hydrogen-bond acceptors (Lipinski definition) is 4. The van der Waals surface area contributed by atoms with Crippen LogP contribution in [0.1, 0.15) is 18.5 Å². The first-order valence-electron chi connectivity index (χ1n) is 7.09. The molecular formula is C15H21N5O. The highest BCUT2D eigenvalue weighted by atomic mass is 16.2. The van der Waals surface area contributed by atoms with Gasteiger partial charge in [-0.3, -0.25) is 0 Å². The van der Waals surface area contributed by atoms with E-state index in [4.69, 9.17) is 5.26 Å². The van der Waals surface area contributed by atoms with E-state index in [2.05, 4.69) is 16.0 Å². The highest BCUT2D eigenvalue weighted by Gasteiger charge is 2.27. The van der Waals surface area contributed by atoms with Gasteiger partial charge in [0.25, 0.3) is 0 Å². The zero-order valence-electron chi connectivity index (χ0n) is 12.8. The molecule has 1 atom stereocenters. The van der Waals surface area contributed by atoms with Crippen molar-refractivity contribution in [3.63, 3.8) is 0 Å². The van der Waals surface area contributed by atoms with Crippen molar-refractivity contribution in [2.45, 2.75) is 18.9 Å². The molecule has 1 aromatic heterocycles. The average Bonchev–Trinajstić information content (AvgIpc) is 2.53. The van der Waals surface area contributed by atoms with E-state index in [1.807, 2.05) is 19.2 Å². The number of rotatable bonds is 2. The lowest BCUT2D eigenvalue weighted by atomic mass is 10.0. The van der Waals surface area contributed by atoms with E-state index in [1.54, 1.807) is 30.0 Å². The fourth-order valence-electron chi connectivity index (χ4n) is 2.61. The number of anilines is 1. The summed E-state index contributed by atoms with van der Waals surface area (Å²) < 4.78 is 0. The summed E-state index contributed by atoms with van der Waals surface area (Å²) in [5, 5.41) is 8.95. The Labute approximate surface area is 125 Å². The molecule has 2 heterocycles. The number of piperidine rings is 1. The monoisotopic (exact) mass is 287 g/mol. The summed E-state index contributed by atoms with van der Waals surface area (Å²) in [4.78, 5) is 21.9. The first-order valence-corrected chi connectivity index (χ1v) is 7.09. The van der Waals surface area contributed by atoms with Crippen LogP contribution in [0.2, 0.25) is 0 Å². The number of nitrogens with zero attached hydrogens (tertiary/aromatic N) is 5. The van der Waals surface area contributed by atoms with E-state index in [-0.39, 0.29) is 12.1 Å². The summed E-state index contributed by atoms with van der Waals surface area (Å²) in [6.07, 6.45) is 2.00. The van der Waals surface area contributed by atoms with Gasteiger partial charge in [0, 0.05) is 34.2 Å². The number of amides is 2. The Morgan fingerprint density at radius 2 is 2.19 bits per heavy atom. The average molecular weight is 287 g/mol. The molecule has 2 amide bonds. The van der Waals surface area contributed by atoms with Crippen molar-refractivity contribution in [2.24, 2.45) is 0 Å². The van der Waals surface area contributed by atoms with Gasteiger partial charge in [0.15, 0.2) is 0 Å². The van der Waals surface area contributed by atoms with Crippen molar-refractivity contribution in [3.8, 4) is 6.07 Å². The maximum absolute atomic E-state index is 12.1. The Balaban J connectivity index is 2.10. The molecule has 0 spiro atoms. The fourth-order valence-corrected chi connectivity index (χ4v) is 2.61. The normalized spacial score (nSPS) is 18.0. The number of nitriles is 1. The molecule has 0 bridgehead atoms. The van der Waals surface area contributed by atoms with Crippen molar-refractivity contribution in [1.29, 1.82) is 5.26 Å². The third-order valence-electron chi connectivity index (χ3n) is 3.80. The Morgan fingerprint density at radius 3 is 2.86 bits per heavy atom. The van der Waals surface area contributed by atoms with Gasteiger partial charge in [0.1, 0.15) is 17.6 Å². The molecule has 1 fully saturated rings. The number of aromatic nitrogens is 1.